The van der Waals surface area contributed by atoms with E-state index in [1.54, 1.807) is 36.1 Å². The first kappa shape index (κ1) is 28.9. The predicted molar refractivity (Wildman–Crippen MR) is 142 cm³/mol. The summed E-state index contributed by atoms with van der Waals surface area (Å²) >= 11 is 6.87. The van der Waals surface area contributed by atoms with Gasteiger partial charge in [-0.05, 0) is 55.4 Å². The monoisotopic (exact) mass is 585 g/mol. The molecule has 8 nitrogen and oxygen atoms in total. The summed E-state index contributed by atoms with van der Waals surface area (Å²) in [5.74, 6) is -1.33. The van der Waals surface area contributed by atoms with Gasteiger partial charge in [-0.2, -0.15) is 13.2 Å². The van der Waals surface area contributed by atoms with E-state index in [0.717, 1.165) is 26.0 Å². The topological polar surface area (TPSA) is 102 Å². The highest BCUT2D eigenvalue weighted by atomic mass is 35.5. The molecule has 0 bridgehead atoms. The second kappa shape index (κ2) is 11.5. The van der Waals surface area contributed by atoms with Crippen LogP contribution in [-0.4, -0.2) is 50.3 Å². The molecule has 0 aliphatic carbocycles. The molecule has 4 rings (SSSR count). The number of fused-ring (bicyclic) bond motifs is 1. The number of aliphatic carboxylic acids is 1. The second-order valence-corrected chi connectivity index (χ2v) is 11.1. The summed E-state index contributed by atoms with van der Waals surface area (Å²) in [6.07, 6.45) is -4.52. The standard InChI is InChI=1S/C26H27ClF3N3O5S/c1-15-20-22(36)32(11-7-16-3-2-4-18(27)13-16)25(38)33(12-8-26(28,29)30)24(20)39-21(15)23(37)31-9-5-17(6-10-31)14-19(34)35/h2-4,13,17H,5-12,14H2,1H3,(H,34,35). The molecule has 1 N–H and O–H groups in total. The number of benzene rings is 1. The quantitative estimate of drug-likeness (QED) is 0.413. The van der Waals surface area contributed by atoms with Crippen LogP contribution in [0.4, 0.5) is 13.2 Å². The number of carbonyl (C=O) groups is 2. The number of hydrogen-bond donors (Lipinski definition) is 1. The average Bonchev–Trinajstić information content (AvgIpc) is 3.20. The number of halogens is 4. The first-order valence-corrected chi connectivity index (χ1v) is 13.6. The van der Waals surface area contributed by atoms with Gasteiger partial charge in [-0.3, -0.25) is 23.5 Å². The molecular weight excluding hydrogens is 559 g/mol. The van der Waals surface area contributed by atoms with Crippen molar-refractivity contribution in [2.75, 3.05) is 13.1 Å². The molecule has 0 spiro atoms. The Balaban J connectivity index is 1.72. The van der Waals surface area contributed by atoms with E-state index in [-0.39, 0.29) is 46.3 Å². The number of hydrogen-bond acceptors (Lipinski definition) is 5. The van der Waals surface area contributed by atoms with E-state index in [0.29, 0.717) is 36.5 Å². The molecule has 2 aromatic heterocycles. The van der Waals surface area contributed by atoms with Crippen LogP contribution in [0, 0.1) is 12.8 Å². The van der Waals surface area contributed by atoms with Crippen molar-refractivity contribution in [2.24, 2.45) is 5.92 Å². The normalized spacial score (nSPS) is 14.7. The van der Waals surface area contributed by atoms with Crippen molar-refractivity contribution in [1.29, 1.82) is 0 Å². The highest BCUT2D eigenvalue weighted by Gasteiger charge is 2.31. The Morgan fingerprint density at radius 2 is 1.82 bits per heavy atom. The summed E-state index contributed by atoms with van der Waals surface area (Å²) in [5, 5.41) is 9.55. The van der Waals surface area contributed by atoms with Gasteiger partial charge in [-0.1, -0.05) is 23.7 Å². The second-order valence-electron chi connectivity index (χ2n) is 9.71. The molecule has 0 atom stereocenters. The van der Waals surface area contributed by atoms with E-state index in [1.165, 1.54) is 0 Å². The van der Waals surface area contributed by atoms with Crippen LogP contribution in [0.5, 0.6) is 0 Å². The fourth-order valence-electron chi connectivity index (χ4n) is 4.90. The van der Waals surface area contributed by atoms with E-state index in [2.05, 4.69) is 0 Å². The van der Waals surface area contributed by atoms with Gasteiger partial charge in [0.2, 0.25) is 0 Å². The lowest BCUT2D eigenvalue weighted by Gasteiger charge is -2.31. The van der Waals surface area contributed by atoms with Crippen LogP contribution in [0.3, 0.4) is 0 Å². The number of rotatable bonds is 8. The summed E-state index contributed by atoms with van der Waals surface area (Å²) < 4.78 is 41.3. The zero-order chi connectivity index (χ0) is 28.5. The minimum atomic E-state index is -4.53. The van der Waals surface area contributed by atoms with E-state index in [1.807, 2.05) is 0 Å². The van der Waals surface area contributed by atoms with Crippen molar-refractivity contribution in [2.45, 2.75) is 58.3 Å². The zero-order valence-electron chi connectivity index (χ0n) is 21.1. The highest BCUT2D eigenvalue weighted by Crippen LogP contribution is 2.31. The molecule has 3 heterocycles. The third kappa shape index (κ3) is 6.55. The van der Waals surface area contributed by atoms with Crippen molar-refractivity contribution < 1.29 is 27.9 Å². The molecule has 1 aromatic carbocycles. The number of alkyl halides is 3. The average molecular weight is 586 g/mol. The molecule has 0 radical (unpaired) electrons. The number of amides is 1. The number of carboxylic acid groups (broad SMARTS) is 1. The number of aromatic nitrogens is 2. The maximum absolute atomic E-state index is 13.5. The van der Waals surface area contributed by atoms with Gasteiger partial charge in [0.15, 0.2) is 0 Å². The molecule has 1 amide bonds. The Kier molecular flexibility index (Phi) is 8.55. The number of piperidine rings is 1. The van der Waals surface area contributed by atoms with Crippen LogP contribution in [-0.2, 0) is 24.3 Å². The fraction of sp³-hybridized carbons (Fsp3) is 0.462. The highest BCUT2D eigenvalue weighted by molar-refractivity contribution is 7.20. The van der Waals surface area contributed by atoms with Crippen LogP contribution in [0.25, 0.3) is 10.2 Å². The zero-order valence-corrected chi connectivity index (χ0v) is 22.7. The van der Waals surface area contributed by atoms with Gasteiger partial charge in [0.25, 0.3) is 11.5 Å². The maximum atomic E-state index is 13.5. The van der Waals surface area contributed by atoms with E-state index < -0.39 is 36.4 Å². The molecule has 210 valence electrons. The van der Waals surface area contributed by atoms with Crippen molar-refractivity contribution in [3.8, 4) is 0 Å². The van der Waals surface area contributed by atoms with Crippen LogP contribution in [0.2, 0.25) is 5.02 Å². The molecule has 0 unspecified atom stereocenters. The van der Waals surface area contributed by atoms with Gasteiger partial charge >= 0.3 is 17.8 Å². The summed E-state index contributed by atoms with van der Waals surface area (Å²) in [7, 11) is 0. The molecule has 1 aliphatic heterocycles. The smallest absolute Gasteiger partial charge is 0.390 e. The number of aryl methyl sites for hydroxylation is 3. The molecule has 13 heteroatoms. The van der Waals surface area contributed by atoms with E-state index >= 15 is 0 Å². The Bertz CT molecular complexity index is 1520. The van der Waals surface area contributed by atoms with E-state index in [9.17, 15) is 32.3 Å². The summed E-state index contributed by atoms with van der Waals surface area (Å²) in [6.45, 7) is 1.45. The van der Waals surface area contributed by atoms with Gasteiger partial charge < -0.3 is 10.0 Å². The SMILES string of the molecule is Cc1c(C(=O)N2CCC(CC(=O)O)CC2)sc2c1c(=O)n(CCc1cccc(Cl)c1)c(=O)n2CCC(F)(F)F. The maximum Gasteiger partial charge on any atom is 0.390 e. The van der Waals surface area contributed by atoms with Gasteiger partial charge in [0.1, 0.15) is 4.83 Å². The van der Waals surface area contributed by atoms with Gasteiger partial charge in [-0.15, -0.1) is 11.3 Å². The number of carbonyl (C=O) groups excluding carboxylic acids is 1. The van der Waals surface area contributed by atoms with Crippen molar-refractivity contribution in [1.82, 2.24) is 14.0 Å². The molecule has 39 heavy (non-hydrogen) atoms. The van der Waals surface area contributed by atoms with Crippen molar-refractivity contribution in [3.05, 3.63) is 66.1 Å². The first-order chi connectivity index (χ1) is 18.4. The van der Waals surface area contributed by atoms with Crippen LogP contribution < -0.4 is 11.2 Å². The number of thiophene rings is 1. The van der Waals surface area contributed by atoms with Crippen molar-refractivity contribution in [3.63, 3.8) is 0 Å². The minimum Gasteiger partial charge on any atom is -0.481 e. The fourth-order valence-corrected chi connectivity index (χ4v) is 6.40. The molecule has 1 fully saturated rings. The van der Waals surface area contributed by atoms with Crippen LogP contribution in [0.15, 0.2) is 33.9 Å². The molecular formula is C26H27ClF3N3O5S. The lowest BCUT2D eigenvalue weighted by Crippen LogP contribution is -2.40. The molecule has 1 aliphatic rings. The largest absolute Gasteiger partial charge is 0.481 e. The molecule has 3 aromatic rings. The Morgan fingerprint density at radius 3 is 2.44 bits per heavy atom. The Hall–Kier alpha value is -3.12. The predicted octanol–water partition coefficient (Wildman–Crippen LogP) is 4.71. The minimum absolute atomic E-state index is 0.0180. The van der Waals surface area contributed by atoms with E-state index in [4.69, 9.17) is 16.7 Å². The lowest BCUT2D eigenvalue weighted by atomic mass is 9.93. The van der Waals surface area contributed by atoms with Crippen molar-refractivity contribution >= 4 is 45.0 Å². The number of nitrogens with zero attached hydrogens (tertiary/aromatic N) is 3. The third-order valence-corrected chi connectivity index (χ3v) is 8.52. The Labute approximate surface area is 230 Å². The number of carboxylic acids is 1. The molecule has 1 saturated heterocycles. The number of likely N-dealkylation sites (tertiary alicyclic amines) is 1. The van der Waals surface area contributed by atoms with Crippen LogP contribution >= 0.6 is 22.9 Å². The Morgan fingerprint density at radius 1 is 1.13 bits per heavy atom. The first-order valence-electron chi connectivity index (χ1n) is 12.4. The summed E-state index contributed by atoms with van der Waals surface area (Å²) in [4.78, 5) is 53.0. The van der Waals surface area contributed by atoms with Gasteiger partial charge in [0.05, 0.1) is 16.7 Å². The third-order valence-electron chi connectivity index (χ3n) is 6.99. The molecule has 0 saturated carbocycles. The summed E-state index contributed by atoms with van der Waals surface area (Å²) in [6, 6.07) is 6.84. The van der Waals surface area contributed by atoms with Gasteiger partial charge in [-0.25, -0.2) is 4.79 Å². The summed E-state index contributed by atoms with van der Waals surface area (Å²) in [5.41, 5.74) is -0.461. The lowest BCUT2D eigenvalue weighted by molar-refractivity contribution is -0.138. The van der Waals surface area contributed by atoms with Gasteiger partial charge in [0, 0.05) is 37.6 Å². The van der Waals surface area contributed by atoms with Crippen LogP contribution in [0.1, 0.15) is 46.5 Å².